The van der Waals surface area contributed by atoms with Crippen molar-refractivity contribution in [3.8, 4) is 0 Å². The minimum atomic E-state index is 0.709. The van der Waals surface area contributed by atoms with Crippen LogP contribution in [0.2, 0.25) is 0 Å². The van der Waals surface area contributed by atoms with Crippen molar-refractivity contribution in [1.29, 1.82) is 0 Å². The van der Waals surface area contributed by atoms with Crippen LogP contribution in [0.15, 0.2) is 48.5 Å². The van der Waals surface area contributed by atoms with E-state index in [1.165, 1.54) is 0 Å². The summed E-state index contributed by atoms with van der Waals surface area (Å²) in [4.78, 5) is 11.4. The van der Waals surface area contributed by atoms with Gasteiger partial charge in [0.1, 0.15) is 0 Å². The molecule has 21 heavy (non-hydrogen) atoms. The van der Waals surface area contributed by atoms with Crippen molar-refractivity contribution in [2.24, 2.45) is 0 Å². The van der Waals surface area contributed by atoms with E-state index in [-0.39, 0.29) is 0 Å². The molecule has 1 aromatic heterocycles. The molecule has 0 saturated carbocycles. The van der Waals surface area contributed by atoms with Crippen LogP contribution in [0.4, 0.5) is 11.5 Å². The van der Waals surface area contributed by atoms with E-state index in [2.05, 4.69) is 9.88 Å². The first kappa shape index (κ1) is 13.4. The van der Waals surface area contributed by atoms with E-state index in [1.807, 2.05) is 62.5 Å². The Balaban J connectivity index is 1.96. The molecule has 106 valence electrons. The van der Waals surface area contributed by atoms with E-state index in [0.29, 0.717) is 6.54 Å². The highest BCUT2D eigenvalue weighted by Crippen LogP contribution is 2.22. The topological polar surface area (TPSA) is 55.0 Å². The van der Waals surface area contributed by atoms with Gasteiger partial charge in [-0.25, -0.2) is 9.97 Å². The molecule has 0 saturated heterocycles. The van der Waals surface area contributed by atoms with Crippen LogP contribution in [0.1, 0.15) is 11.3 Å². The lowest BCUT2D eigenvalue weighted by molar-refractivity contribution is 0.889. The maximum atomic E-state index is 6.01. The predicted octanol–water partition coefficient (Wildman–Crippen LogP) is 3.16. The third kappa shape index (κ3) is 2.65. The number of fused-ring (bicyclic) bond motifs is 1. The molecule has 4 nitrogen and oxygen atoms in total. The number of para-hydroxylation sites is 3. The summed E-state index contributed by atoms with van der Waals surface area (Å²) >= 11 is 0. The van der Waals surface area contributed by atoms with Crippen molar-refractivity contribution in [3.05, 3.63) is 59.8 Å². The number of aryl methyl sites for hydroxylation is 1. The Morgan fingerprint density at radius 2 is 1.57 bits per heavy atom. The third-order valence-electron chi connectivity index (χ3n) is 3.54. The van der Waals surface area contributed by atoms with Crippen LogP contribution in [0.25, 0.3) is 11.0 Å². The number of aromatic nitrogens is 2. The fourth-order valence-corrected chi connectivity index (χ4v) is 2.45. The van der Waals surface area contributed by atoms with E-state index >= 15 is 0 Å². The number of benzene rings is 2. The number of hydrogen-bond acceptors (Lipinski definition) is 4. The molecule has 1 heterocycles. The fourth-order valence-electron chi connectivity index (χ4n) is 2.45. The van der Waals surface area contributed by atoms with E-state index < -0.39 is 0 Å². The summed E-state index contributed by atoms with van der Waals surface area (Å²) in [6.07, 6.45) is 0. The lowest BCUT2D eigenvalue weighted by Crippen LogP contribution is -2.20. The predicted molar refractivity (Wildman–Crippen MR) is 87.2 cm³/mol. The van der Waals surface area contributed by atoms with Crippen LogP contribution in [0.5, 0.6) is 0 Å². The maximum absolute atomic E-state index is 6.01. The Labute approximate surface area is 124 Å². The van der Waals surface area contributed by atoms with E-state index in [4.69, 9.17) is 10.7 Å². The van der Waals surface area contributed by atoms with Gasteiger partial charge in [-0.2, -0.15) is 0 Å². The molecule has 0 aliphatic heterocycles. The number of nitrogens with two attached hydrogens (primary N) is 1. The molecule has 0 atom stereocenters. The lowest BCUT2D eigenvalue weighted by Gasteiger charge is -2.21. The van der Waals surface area contributed by atoms with Crippen LogP contribution in [-0.2, 0) is 6.54 Å². The molecule has 0 radical (unpaired) electrons. The number of nitrogen functional groups attached to an aromatic ring is 1. The van der Waals surface area contributed by atoms with Crippen molar-refractivity contribution in [2.45, 2.75) is 13.5 Å². The van der Waals surface area contributed by atoms with E-state index in [1.54, 1.807) is 0 Å². The fraction of sp³-hybridized carbons (Fsp3) is 0.176. The number of hydrogen-bond donors (Lipinski definition) is 1. The first-order valence-corrected chi connectivity index (χ1v) is 6.93. The summed E-state index contributed by atoms with van der Waals surface area (Å²) in [5.74, 6) is 0.886. The zero-order chi connectivity index (χ0) is 14.8. The summed E-state index contributed by atoms with van der Waals surface area (Å²) in [5, 5.41) is 0. The molecule has 0 unspecified atom stereocenters. The maximum Gasteiger partial charge on any atom is 0.150 e. The highest BCUT2D eigenvalue weighted by atomic mass is 15.2. The summed E-state index contributed by atoms with van der Waals surface area (Å²) in [7, 11) is 2.01. The van der Waals surface area contributed by atoms with Gasteiger partial charge in [0.25, 0.3) is 0 Å². The third-order valence-corrected chi connectivity index (χ3v) is 3.54. The van der Waals surface area contributed by atoms with Gasteiger partial charge in [0.15, 0.2) is 5.82 Å². The monoisotopic (exact) mass is 278 g/mol. The number of rotatable bonds is 3. The molecule has 0 amide bonds. The summed E-state index contributed by atoms with van der Waals surface area (Å²) in [5.41, 5.74) is 10.7. The molecule has 4 heteroatoms. The van der Waals surface area contributed by atoms with Crippen LogP contribution >= 0.6 is 0 Å². The Morgan fingerprint density at radius 1 is 0.952 bits per heavy atom. The minimum Gasteiger partial charge on any atom is -0.398 e. The largest absolute Gasteiger partial charge is 0.398 e. The molecule has 2 aromatic carbocycles. The standard InChI is InChI=1S/C17H18N4/c1-12-17(20-16-10-6-5-9-15(16)19-12)21(2)11-13-7-3-4-8-14(13)18/h3-10H,11,18H2,1-2H3. The molecule has 3 rings (SSSR count). The molecule has 3 aromatic rings. The lowest BCUT2D eigenvalue weighted by atomic mass is 10.1. The molecule has 2 N–H and O–H groups in total. The first-order valence-electron chi connectivity index (χ1n) is 6.93. The number of anilines is 2. The van der Waals surface area contributed by atoms with Gasteiger partial charge in [-0.15, -0.1) is 0 Å². The van der Waals surface area contributed by atoms with Crippen molar-refractivity contribution >= 4 is 22.5 Å². The average Bonchev–Trinajstić information content (AvgIpc) is 2.49. The van der Waals surface area contributed by atoms with Gasteiger partial charge in [-0.3, -0.25) is 0 Å². The van der Waals surface area contributed by atoms with Gasteiger partial charge in [0, 0.05) is 19.3 Å². The van der Waals surface area contributed by atoms with Crippen LogP contribution in [0, 0.1) is 6.92 Å². The van der Waals surface area contributed by atoms with Gasteiger partial charge >= 0.3 is 0 Å². The molecule has 0 bridgehead atoms. The van der Waals surface area contributed by atoms with Gasteiger partial charge in [0.05, 0.1) is 16.7 Å². The second kappa shape index (κ2) is 5.40. The first-order chi connectivity index (χ1) is 10.1. The Hall–Kier alpha value is -2.62. The normalized spacial score (nSPS) is 10.8. The van der Waals surface area contributed by atoms with Gasteiger partial charge in [0.2, 0.25) is 0 Å². The Kier molecular flexibility index (Phi) is 3.44. The molecule has 0 aliphatic rings. The average molecular weight is 278 g/mol. The highest BCUT2D eigenvalue weighted by Gasteiger charge is 2.11. The molecular formula is C17H18N4. The second-order valence-corrected chi connectivity index (χ2v) is 5.18. The van der Waals surface area contributed by atoms with Crippen LogP contribution in [0.3, 0.4) is 0 Å². The van der Waals surface area contributed by atoms with Crippen molar-refractivity contribution in [1.82, 2.24) is 9.97 Å². The highest BCUT2D eigenvalue weighted by molar-refractivity contribution is 5.76. The summed E-state index contributed by atoms with van der Waals surface area (Å²) < 4.78 is 0. The molecule has 0 aliphatic carbocycles. The van der Waals surface area contributed by atoms with Gasteiger partial charge < -0.3 is 10.6 Å². The SMILES string of the molecule is Cc1nc2ccccc2nc1N(C)Cc1ccccc1N. The zero-order valence-electron chi connectivity index (χ0n) is 12.2. The van der Waals surface area contributed by atoms with Crippen LogP contribution < -0.4 is 10.6 Å². The Morgan fingerprint density at radius 3 is 2.29 bits per heavy atom. The zero-order valence-corrected chi connectivity index (χ0v) is 12.2. The van der Waals surface area contributed by atoms with E-state index in [0.717, 1.165) is 33.8 Å². The second-order valence-electron chi connectivity index (χ2n) is 5.18. The summed E-state index contributed by atoms with van der Waals surface area (Å²) in [6, 6.07) is 15.8. The quantitative estimate of drug-likeness (QED) is 0.748. The van der Waals surface area contributed by atoms with Crippen molar-refractivity contribution < 1.29 is 0 Å². The Bertz CT molecular complexity index is 783. The van der Waals surface area contributed by atoms with Crippen molar-refractivity contribution in [2.75, 3.05) is 17.7 Å². The van der Waals surface area contributed by atoms with Crippen molar-refractivity contribution in [3.63, 3.8) is 0 Å². The minimum absolute atomic E-state index is 0.709. The number of nitrogens with zero attached hydrogens (tertiary/aromatic N) is 3. The molecule has 0 fully saturated rings. The van der Waals surface area contributed by atoms with Crippen LogP contribution in [-0.4, -0.2) is 17.0 Å². The van der Waals surface area contributed by atoms with E-state index in [9.17, 15) is 0 Å². The molecule has 0 spiro atoms. The van der Waals surface area contributed by atoms with Gasteiger partial charge in [-0.05, 0) is 30.7 Å². The smallest absolute Gasteiger partial charge is 0.150 e. The summed E-state index contributed by atoms with van der Waals surface area (Å²) in [6.45, 7) is 2.69. The molecular weight excluding hydrogens is 260 g/mol. The van der Waals surface area contributed by atoms with Gasteiger partial charge in [-0.1, -0.05) is 30.3 Å².